The van der Waals surface area contributed by atoms with Gasteiger partial charge in [-0.25, -0.2) is 18.1 Å². The smallest absolute Gasteiger partial charge is 0.244 e. The average Bonchev–Trinajstić information content (AvgIpc) is 2.84. The molecule has 0 radical (unpaired) electrons. The van der Waals surface area contributed by atoms with Crippen LogP contribution < -0.4 is 14.2 Å². The molecule has 2 rings (SSSR count). The van der Waals surface area contributed by atoms with Gasteiger partial charge in [0.2, 0.25) is 10.0 Å². The lowest BCUT2D eigenvalue weighted by Gasteiger charge is -2.11. The summed E-state index contributed by atoms with van der Waals surface area (Å²) >= 11 is 1.59. The second kappa shape index (κ2) is 7.29. The molecule has 0 aliphatic rings. The van der Waals surface area contributed by atoms with Crippen LogP contribution in [0.4, 0.5) is 0 Å². The molecular formula is C15H20N2O4S2. The largest absolute Gasteiger partial charge is 0.497 e. The molecule has 0 saturated heterocycles. The van der Waals surface area contributed by atoms with Crippen molar-refractivity contribution in [3.8, 4) is 11.5 Å². The van der Waals surface area contributed by atoms with E-state index < -0.39 is 10.0 Å². The lowest BCUT2D eigenvalue weighted by molar-refractivity contribution is 0.386. The number of ether oxygens (including phenoxy) is 2. The Morgan fingerprint density at radius 2 is 1.96 bits per heavy atom. The number of aromatic nitrogens is 1. The number of aryl methyl sites for hydroxylation is 2. The van der Waals surface area contributed by atoms with Gasteiger partial charge in [-0.3, -0.25) is 0 Å². The second-order valence-corrected chi connectivity index (χ2v) is 7.93. The summed E-state index contributed by atoms with van der Waals surface area (Å²) in [6, 6.07) is 4.61. The number of sulfonamides is 1. The number of benzene rings is 1. The number of nitrogens with one attached hydrogen (secondary N) is 1. The average molecular weight is 356 g/mol. The molecule has 0 atom stereocenters. The summed E-state index contributed by atoms with van der Waals surface area (Å²) in [4.78, 5) is 5.52. The summed E-state index contributed by atoms with van der Waals surface area (Å²) in [5, 5.41) is 0.984. The minimum absolute atomic E-state index is 0.0954. The topological polar surface area (TPSA) is 77.5 Å². The lowest BCUT2D eigenvalue weighted by atomic mass is 10.3. The summed E-state index contributed by atoms with van der Waals surface area (Å²) in [6.07, 6.45) is 0.606. The Morgan fingerprint density at radius 3 is 2.52 bits per heavy atom. The minimum atomic E-state index is -3.65. The normalized spacial score (nSPS) is 11.5. The van der Waals surface area contributed by atoms with Crippen LogP contribution in [-0.4, -0.2) is 34.2 Å². The van der Waals surface area contributed by atoms with Crippen LogP contribution >= 0.6 is 11.3 Å². The Hall–Kier alpha value is -1.64. The van der Waals surface area contributed by atoms with Crippen molar-refractivity contribution in [1.82, 2.24) is 9.71 Å². The van der Waals surface area contributed by atoms with Gasteiger partial charge in [0.15, 0.2) is 0 Å². The van der Waals surface area contributed by atoms with Crippen molar-refractivity contribution in [3.05, 3.63) is 33.8 Å². The molecule has 23 heavy (non-hydrogen) atoms. The Labute approximate surface area is 140 Å². The molecule has 0 spiro atoms. The molecule has 1 heterocycles. The molecule has 0 aliphatic carbocycles. The number of rotatable bonds is 7. The van der Waals surface area contributed by atoms with Crippen LogP contribution in [0.15, 0.2) is 23.1 Å². The van der Waals surface area contributed by atoms with E-state index in [1.54, 1.807) is 23.5 Å². The summed E-state index contributed by atoms with van der Waals surface area (Å²) < 4.78 is 37.7. The van der Waals surface area contributed by atoms with Gasteiger partial charge in [0.05, 0.1) is 24.9 Å². The summed E-state index contributed by atoms with van der Waals surface area (Å²) in [5.41, 5.74) is 0.953. The maximum absolute atomic E-state index is 12.4. The molecule has 0 saturated carbocycles. The Balaban J connectivity index is 2.11. The van der Waals surface area contributed by atoms with Gasteiger partial charge in [-0.2, -0.15) is 0 Å². The number of nitrogens with zero attached hydrogens (tertiary/aromatic N) is 1. The monoisotopic (exact) mass is 356 g/mol. The third-order valence-electron chi connectivity index (χ3n) is 3.30. The van der Waals surface area contributed by atoms with Gasteiger partial charge in [0, 0.05) is 17.5 Å². The minimum Gasteiger partial charge on any atom is -0.497 e. The molecular weight excluding hydrogens is 336 g/mol. The number of methoxy groups -OCH3 is 2. The van der Waals surface area contributed by atoms with Gasteiger partial charge >= 0.3 is 0 Å². The predicted octanol–water partition coefficient (Wildman–Crippen LogP) is 2.30. The van der Waals surface area contributed by atoms with Gasteiger partial charge in [-0.1, -0.05) is 0 Å². The standard InChI is InChI=1S/C15H20N2O4S2/c1-10-14(22-11(2)17-10)7-8-16-23(18,19)15-6-5-12(20-3)9-13(15)21-4/h5-6,9,16H,7-8H2,1-4H3. The van der Waals surface area contributed by atoms with Crippen LogP contribution in [0.5, 0.6) is 11.5 Å². The number of hydrogen-bond acceptors (Lipinski definition) is 6. The van der Waals surface area contributed by atoms with Crippen molar-refractivity contribution < 1.29 is 17.9 Å². The molecule has 8 heteroatoms. The molecule has 1 aromatic carbocycles. The SMILES string of the molecule is COc1ccc(S(=O)(=O)NCCc2sc(C)nc2C)c(OC)c1. The van der Waals surface area contributed by atoms with Crippen molar-refractivity contribution >= 4 is 21.4 Å². The highest BCUT2D eigenvalue weighted by atomic mass is 32.2. The maximum atomic E-state index is 12.4. The fourth-order valence-electron chi connectivity index (χ4n) is 2.18. The molecule has 1 aromatic heterocycles. The fourth-order valence-corrected chi connectivity index (χ4v) is 4.30. The molecule has 0 amide bonds. The van der Waals surface area contributed by atoms with Gasteiger partial charge in [0.1, 0.15) is 16.4 Å². The van der Waals surface area contributed by atoms with Crippen LogP contribution in [0.1, 0.15) is 15.6 Å². The Bertz CT molecular complexity index is 785. The summed E-state index contributed by atoms with van der Waals surface area (Å²) in [5.74, 6) is 0.790. The zero-order valence-electron chi connectivity index (χ0n) is 13.5. The van der Waals surface area contributed by atoms with Gasteiger partial charge < -0.3 is 9.47 Å². The van der Waals surface area contributed by atoms with E-state index in [4.69, 9.17) is 9.47 Å². The molecule has 0 unspecified atom stereocenters. The van der Waals surface area contributed by atoms with E-state index in [-0.39, 0.29) is 10.6 Å². The van der Waals surface area contributed by atoms with Crippen LogP contribution in [0, 0.1) is 13.8 Å². The Morgan fingerprint density at radius 1 is 1.22 bits per heavy atom. The van der Waals surface area contributed by atoms with Crippen molar-refractivity contribution in [2.24, 2.45) is 0 Å². The van der Waals surface area contributed by atoms with Crippen LogP contribution in [0.25, 0.3) is 0 Å². The number of hydrogen-bond donors (Lipinski definition) is 1. The van der Waals surface area contributed by atoms with Crippen molar-refractivity contribution in [1.29, 1.82) is 0 Å². The highest BCUT2D eigenvalue weighted by molar-refractivity contribution is 7.89. The van der Waals surface area contributed by atoms with Gasteiger partial charge in [-0.05, 0) is 32.4 Å². The van der Waals surface area contributed by atoms with Gasteiger partial charge in [-0.15, -0.1) is 11.3 Å². The third kappa shape index (κ3) is 4.21. The molecule has 0 aliphatic heterocycles. The van der Waals surface area contributed by atoms with E-state index in [9.17, 15) is 8.42 Å². The predicted molar refractivity (Wildman–Crippen MR) is 90.0 cm³/mol. The van der Waals surface area contributed by atoms with Crippen LogP contribution in [0.2, 0.25) is 0 Å². The first kappa shape index (κ1) is 17.7. The molecule has 2 aromatic rings. The highest BCUT2D eigenvalue weighted by Crippen LogP contribution is 2.28. The Kier molecular flexibility index (Phi) is 5.61. The molecule has 126 valence electrons. The quantitative estimate of drug-likeness (QED) is 0.824. The first-order chi connectivity index (χ1) is 10.9. The second-order valence-electron chi connectivity index (χ2n) is 4.91. The molecule has 0 fully saturated rings. The highest BCUT2D eigenvalue weighted by Gasteiger charge is 2.20. The van der Waals surface area contributed by atoms with E-state index >= 15 is 0 Å². The van der Waals surface area contributed by atoms with Crippen LogP contribution in [-0.2, 0) is 16.4 Å². The van der Waals surface area contributed by atoms with Crippen molar-refractivity contribution in [2.75, 3.05) is 20.8 Å². The third-order valence-corrected chi connectivity index (χ3v) is 5.94. The lowest BCUT2D eigenvalue weighted by Crippen LogP contribution is -2.26. The number of thiazole rings is 1. The van der Waals surface area contributed by atoms with E-state index in [2.05, 4.69) is 9.71 Å². The first-order valence-electron chi connectivity index (χ1n) is 7.02. The van der Waals surface area contributed by atoms with E-state index in [1.165, 1.54) is 20.3 Å². The molecule has 0 bridgehead atoms. The van der Waals surface area contributed by atoms with E-state index in [1.807, 2.05) is 13.8 Å². The van der Waals surface area contributed by atoms with E-state index in [0.29, 0.717) is 18.7 Å². The zero-order valence-corrected chi connectivity index (χ0v) is 15.2. The molecule has 6 nitrogen and oxygen atoms in total. The van der Waals surface area contributed by atoms with Crippen molar-refractivity contribution in [2.45, 2.75) is 25.2 Å². The maximum Gasteiger partial charge on any atom is 0.244 e. The van der Waals surface area contributed by atoms with Crippen molar-refractivity contribution in [3.63, 3.8) is 0 Å². The first-order valence-corrected chi connectivity index (χ1v) is 9.32. The summed E-state index contributed by atoms with van der Waals surface area (Å²) in [6.45, 7) is 4.17. The summed E-state index contributed by atoms with van der Waals surface area (Å²) in [7, 11) is -0.708. The molecule has 1 N–H and O–H groups in total. The van der Waals surface area contributed by atoms with Gasteiger partial charge in [0.25, 0.3) is 0 Å². The fraction of sp³-hybridized carbons (Fsp3) is 0.400. The zero-order chi connectivity index (χ0) is 17.0. The van der Waals surface area contributed by atoms with Crippen LogP contribution in [0.3, 0.4) is 0 Å². The van der Waals surface area contributed by atoms with E-state index in [0.717, 1.165) is 15.6 Å².